The maximum absolute atomic E-state index is 12.7. The van der Waals surface area contributed by atoms with Gasteiger partial charge in [0, 0.05) is 21.5 Å². The lowest BCUT2D eigenvalue weighted by Crippen LogP contribution is -2.20. The molecule has 0 heterocycles. The van der Waals surface area contributed by atoms with E-state index in [-0.39, 0.29) is 18.2 Å². The minimum atomic E-state index is -0.876. The van der Waals surface area contributed by atoms with Crippen LogP contribution < -0.4 is 14.8 Å². The van der Waals surface area contributed by atoms with Crippen LogP contribution in [0.1, 0.15) is 42.4 Å². The Bertz CT molecular complexity index is 1270. The molecule has 1 fully saturated rings. The fraction of sp³-hybridized carbons (Fsp3) is 0.286. The van der Waals surface area contributed by atoms with Crippen molar-refractivity contribution in [3.8, 4) is 11.5 Å². The van der Waals surface area contributed by atoms with Crippen molar-refractivity contribution in [1.82, 2.24) is 0 Å². The van der Waals surface area contributed by atoms with E-state index in [1.807, 2.05) is 56.3 Å². The van der Waals surface area contributed by atoms with Crippen LogP contribution in [0.25, 0.3) is 0 Å². The Morgan fingerprint density at radius 2 is 1.75 bits per heavy atom. The van der Waals surface area contributed by atoms with Crippen molar-refractivity contribution in [2.24, 2.45) is 5.92 Å². The number of hydrogen-bond donors (Lipinski definition) is 3. The van der Waals surface area contributed by atoms with Gasteiger partial charge < -0.3 is 19.9 Å². The SMILES string of the molecule is Cc1cc(CC(=O)O)ccc1Oc1ccc(NC(=O)C2CCCC2)cc1NSc1ccc(Cl)cc1C. The molecule has 1 amide bonds. The average Bonchev–Trinajstić information content (AvgIpc) is 3.36. The number of amides is 1. The number of carbonyl (C=O) groups is 2. The molecule has 36 heavy (non-hydrogen) atoms. The Morgan fingerprint density at radius 1 is 1.00 bits per heavy atom. The number of halogens is 1. The highest BCUT2D eigenvalue weighted by atomic mass is 35.5. The maximum Gasteiger partial charge on any atom is 0.307 e. The molecule has 3 aromatic carbocycles. The third kappa shape index (κ3) is 6.74. The Balaban J connectivity index is 1.58. The normalized spacial score (nSPS) is 13.4. The summed E-state index contributed by atoms with van der Waals surface area (Å²) in [6.07, 6.45) is 4.01. The summed E-state index contributed by atoms with van der Waals surface area (Å²) < 4.78 is 9.61. The summed E-state index contributed by atoms with van der Waals surface area (Å²) in [7, 11) is 0. The first kappa shape index (κ1) is 25.9. The van der Waals surface area contributed by atoms with Gasteiger partial charge in [-0.3, -0.25) is 9.59 Å². The molecule has 0 bridgehead atoms. The first-order valence-corrected chi connectivity index (χ1v) is 13.1. The quantitative estimate of drug-likeness (QED) is 0.249. The summed E-state index contributed by atoms with van der Waals surface area (Å²) >= 11 is 7.54. The van der Waals surface area contributed by atoms with E-state index in [1.165, 1.54) is 11.9 Å². The van der Waals surface area contributed by atoms with E-state index < -0.39 is 5.97 Å². The van der Waals surface area contributed by atoms with Crippen LogP contribution in [-0.4, -0.2) is 17.0 Å². The highest BCUT2D eigenvalue weighted by Crippen LogP contribution is 2.37. The van der Waals surface area contributed by atoms with Crippen molar-refractivity contribution in [3.63, 3.8) is 0 Å². The average molecular weight is 525 g/mol. The lowest BCUT2D eigenvalue weighted by Gasteiger charge is -2.17. The molecule has 3 aromatic rings. The van der Waals surface area contributed by atoms with Crippen LogP contribution in [0.2, 0.25) is 5.02 Å². The van der Waals surface area contributed by atoms with Crippen LogP contribution in [0.4, 0.5) is 11.4 Å². The zero-order chi connectivity index (χ0) is 25.7. The molecule has 1 saturated carbocycles. The fourth-order valence-electron chi connectivity index (χ4n) is 4.28. The zero-order valence-corrected chi connectivity index (χ0v) is 21.8. The third-order valence-corrected chi connectivity index (χ3v) is 7.43. The fourth-order valence-corrected chi connectivity index (χ4v) is 5.24. The van der Waals surface area contributed by atoms with Gasteiger partial charge in [-0.05, 0) is 97.8 Å². The van der Waals surface area contributed by atoms with Crippen LogP contribution in [0.3, 0.4) is 0 Å². The van der Waals surface area contributed by atoms with Gasteiger partial charge in [0.25, 0.3) is 0 Å². The monoisotopic (exact) mass is 524 g/mol. The molecule has 8 heteroatoms. The molecular formula is C28H29ClN2O4S. The predicted molar refractivity (Wildman–Crippen MR) is 145 cm³/mol. The molecule has 0 spiro atoms. The van der Waals surface area contributed by atoms with Gasteiger partial charge in [-0.25, -0.2) is 0 Å². The molecule has 0 atom stereocenters. The predicted octanol–water partition coefficient (Wildman–Crippen LogP) is 7.62. The number of carboxylic acids is 1. The summed E-state index contributed by atoms with van der Waals surface area (Å²) in [5, 5.41) is 12.8. The molecule has 188 valence electrons. The Kier molecular flexibility index (Phi) is 8.44. The number of aryl methyl sites for hydroxylation is 2. The lowest BCUT2D eigenvalue weighted by molar-refractivity contribution is -0.136. The van der Waals surface area contributed by atoms with Crippen molar-refractivity contribution >= 4 is 46.8 Å². The topological polar surface area (TPSA) is 87.7 Å². The van der Waals surface area contributed by atoms with Gasteiger partial charge in [0.2, 0.25) is 5.91 Å². The molecular weight excluding hydrogens is 496 g/mol. The molecule has 0 unspecified atom stereocenters. The minimum Gasteiger partial charge on any atom is -0.481 e. The van der Waals surface area contributed by atoms with Crippen molar-refractivity contribution in [2.75, 3.05) is 10.0 Å². The summed E-state index contributed by atoms with van der Waals surface area (Å²) in [5.41, 5.74) is 3.98. The van der Waals surface area contributed by atoms with E-state index in [1.54, 1.807) is 12.1 Å². The zero-order valence-electron chi connectivity index (χ0n) is 20.3. The van der Waals surface area contributed by atoms with E-state index in [0.29, 0.717) is 33.5 Å². The maximum atomic E-state index is 12.7. The molecule has 1 aliphatic carbocycles. The Labute approximate surface area is 220 Å². The Morgan fingerprint density at radius 3 is 2.44 bits per heavy atom. The van der Waals surface area contributed by atoms with Crippen molar-refractivity contribution < 1.29 is 19.4 Å². The van der Waals surface area contributed by atoms with Crippen LogP contribution in [0, 0.1) is 19.8 Å². The number of nitrogens with one attached hydrogen (secondary N) is 2. The number of ether oxygens (including phenoxy) is 1. The van der Waals surface area contributed by atoms with E-state index in [4.69, 9.17) is 21.4 Å². The Hall–Kier alpha value is -3.16. The number of hydrogen-bond acceptors (Lipinski definition) is 5. The van der Waals surface area contributed by atoms with Crippen LogP contribution in [0.5, 0.6) is 11.5 Å². The van der Waals surface area contributed by atoms with Crippen LogP contribution in [0.15, 0.2) is 59.5 Å². The highest BCUT2D eigenvalue weighted by molar-refractivity contribution is 8.00. The first-order valence-electron chi connectivity index (χ1n) is 11.9. The van der Waals surface area contributed by atoms with E-state index in [0.717, 1.165) is 41.7 Å². The molecule has 0 radical (unpaired) electrons. The van der Waals surface area contributed by atoms with Gasteiger partial charge in [-0.2, -0.15) is 0 Å². The largest absolute Gasteiger partial charge is 0.481 e. The van der Waals surface area contributed by atoms with E-state index >= 15 is 0 Å². The van der Waals surface area contributed by atoms with Crippen molar-refractivity contribution in [3.05, 3.63) is 76.3 Å². The van der Waals surface area contributed by atoms with Gasteiger partial charge in [0.15, 0.2) is 5.75 Å². The summed E-state index contributed by atoms with van der Waals surface area (Å²) in [5.74, 6) is 0.456. The molecule has 6 nitrogen and oxygen atoms in total. The van der Waals surface area contributed by atoms with Gasteiger partial charge in [-0.15, -0.1) is 0 Å². The second-order valence-electron chi connectivity index (χ2n) is 9.07. The minimum absolute atomic E-state index is 0.0413. The summed E-state index contributed by atoms with van der Waals surface area (Å²) in [4.78, 5) is 24.7. The second kappa shape index (κ2) is 11.7. The van der Waals surface area contributed by atoms with Gasteiger partial charge in [0.05, 0.1) is 12.1 Å². The van der Waals surface area contributed by atoms with Crippen molar-refractivity contribution in [2.45, 2.75) is 50.8 Å². The number of benzene rings is 3. The number of anilines is 2. The number of rotatable bonds is 9. The lowest BCUT2D eigenvalue weighted by atomic mass is 10.1. The highest BCUT2D eigenvalue weighted by Gasteiger charge is 2.23. The molecule has 0 aromatic heterocycles. The van der Waals surface area contributed by atoms with Gasteiger partial charge in [-0.1, -0.05) is 36.6 Å². The van der Waals surface area contributed by atoms with Gasteiger partial charge >= 0.3 is 5.97 Å². The smallest absolute Gasteiger partial charge is 0.307 e. The molecule has 1 aliphatic rings. The number of aliphatic carboxylic acids is 1. The molecule has 0 aliphatic heterocycles. The number of carbonyl (C=O) groups excluding carboxylic acids is 1. The van der Waals surface area contributed by atoms with Crippen LogP contribution in [-0.2, 0) is 16.0 Å². The summed E-state index contributed by atoms with van der Waals surface area (Å²) in [6.45, 7) is 3.88. The third-order valence-electron chi connectivity index (χ3n) is 6.20. The second-order valence-corrected chi connectivity index (χ2v) is 10.4. The van der Waals surface area contributed by atoms with Gasteiger partial charge in [0.1, 0.15) is 5.75 Å². The first-order chi connectivity index (χ1) is 17.3. The van der Waals surface area contributed by atoms with Crippen molar-refractivity contribution in [1.29, 1.82) is 0 Å². The van der Waals surface area contributed by atoms with E-state index in [2.05, 4.69) is 10.0 Å². The van der Waals surface area contributed by atoms with Crippen LogP contribution >= 0.6 is 23.5 Å². The summed E-state index contributed by atoms with van der Waals surface area (Å²) in [6, 6.07) is 16.6. The standard InChI is InChI=1S/C28H29ClN2O4S/c1-17-13-19(15-27(32)33)7-10-24(17)35-25-11-9-22(30-28(34)20-5-3-4-6-20)16-23(25)31-36-26-12-8-21(29)14-18(26)2/h7-14,16,20,31H,3-6,15H2,1-2H3,(H,30,34)(H,32,33). The molecule has 3 N–H and O–H groups in total. The molecule has 0 saturated heterocycles. The molecule has 4 rings (SSSR count). The van der Waals surface area contributed by atoms with E-state index in [9.17, 15) is 9.59 Å². The number of carboxylic acid groups (broad SMARTS) is 1.